The molecular weight excluding hydrogens is 348 g/mol. The third-order valence-corrected chi connectivity index (χ3v) is 4.98. The van der Waals surface area contributed by atoms with Gasteiger partial charge < -0.3 is 10.2 Å². The molecule has 4 nitrogen and oxygen atoms in total. The van der Waals surface area contributed by atoms with Crippen LogP contribution in [0.5, 0.6) is 0 Å². The van der Waals surface area contributed by atoms with Crippen LogP contribution >= 0.6 is 11.6 Å². The zero-order valence-electron chi connectivity index (χ0n) is 15.1. The first-order valence-electron chi connectivity index (χ1n) is 8.93. The van der Waals surface area contributed by atoms with Gasteiger partial charge >= 0.3 is 0 Å². The Hall–Kier alpha value is -2.33. The van der Waals surface area contributed by atoms with Crippen molar-refractivity contribution in [3.63, 3.8) is 0 Å². The molecule has 1 aliphatic rings. The molecule has 5 heteroatoms. The number of carbonyl (C=O) groups is 2. The van der Waals surface area contributed by atoms with Crippen LogP contribution < -0.4 is 5.32 Å². The minimum Gasteiger partial charge on any atom is -0.339 e. The van der Waals surface area contributed by atoms with Crippen molar-refractivity contribution in [1.29, 1.82) is 0 Å². The molecule has 0 aromatic heterocycles. The summed E-state index contributed by atoms with van der Waals surface area (Å²) < 4.78 is 0. The van der Waals surface area contributed by atoms with Crippen LogP contribution in [-0.2, 0) is 0 Å². The molecule has 3 rings (SSSR count). The van der Waals surface area contributed by atoms with Crippen molar-refractivity contribution in [2.75, 3.05) is 18.4 Å². The summed E-state index contributed by atoms with van der Waals surface area (Å²) in [5.41, 5.74) is 3.44. The third kappa shape index (κ3) is 4.07. The lowest BCUT2D eigenvalue weighted by Crippen LogP contribution is -2.36. The lowest BCUT2D eigenvalue weighted by Gasteiger charge is -2.27. The molecule has 2 aromatic carbocycles. The van der Waals surface area contributed by atoms with Gasteiger partial charge in [-0.2, -0.15) is 0 Å². The number of halogens is 1. The van der Waals surface area contributed by atoms with Gasteiger partial charge in [-0.1, -0.05) is 29.3 Å². The molecule has 0 unspecified atom stereocenters. The quantitative estimate of drug-likeness (QED) is 0.840. The largest absolute Gasteiger partial charge is 0.339 e. The summed E-state index contributed by atoms with van der Waals surface area (Å²) in [6, 6.07) is 10.8. The number of amides is 2. The Morgan fingerprint density at radius 3 is 2.42 bits per heavy atom. The molecule has 2 amide bonds. The molecule has 1 heterocycles. The summed E-state index contributed by atoms with van der Waals surface area (Å²) in [6.45, 7) is 5.35. The summed E-state index contributed by atoms with van der Waals surface area (Å²) >= 11 is 6.12. The van der Waals surface area contributed by atoms with Crippen molar-refractivity contribution in [3.05, 3.63) is 63.7 Å². The number of benzene rings is 2. The van der Waals surface area contributed by atoms with E-state index in [4.69, 9.17) is 11.6 Å². The number of likely N-dealkylation sites (tertiary alicyclic amines) is 1. The predicted octanol–water partition coefficient (Wildman–Crippen LogP) is 4.84. The summed E-state index contributed by atoms with van der Waals surface area (Å²) in [5.74, 6) is -0.293. The van der Waals surface area contributed by atoms with E-state index in [0.717, 1.165) is 43.5 Å². The molecule has 26 heavy (non-hydrogen) atoms. The molecule has 1 saturated heterocycles. The highest BCUT2D eigenvalue weighted by atomic mass is 35.5. The Bertz CT molecular complexity index is 842. The molecule has 0 saturated carbocycles. The van der Waals surface area contributed by atoms with E-state index in [2.05, 4.69) is 5.32 Å². The Balaban J connectivity index is 1.89. The summed E-state index contributed by atoms with van der Waals surface area (Å²) in [7, 11) is 0. The van der Waals surface area contributed by atoms with Crippen LogP contribution in [0.15, 0.2) is 36.4 Å². The van der Waals surface area contributed by atoms with E-state index in [-0.39, 0.29) is 11.8 Å². The van der Waals surface area contributed by atoms with Gasteiger partial charge in [0.2, 0.25) is 0 Å². The lowest BCUT2D eigenvalue weighted by molar-refractivity contribution is 0.0725. The van der Waals surface area contributed by atoms with Gasteiger partial charge in [0.1, 0.15) is 0 Å². The van der Waals surface area contributed by atoms with Crippen molar-refractivity contribution < 1.29 is 9.59 Å². The van der Waals surface area contributed by atoms with Gasteiger partial charge in [-0.25, -0.2) is 0 Å². The van der Waals surface area contributed by atoms with Crippen LogP contribution in [-0.4, -0.2) is 29.8 Å². The summed E-state index contributed by atoms with van der Waals surface area (Å²) in [6.07, 6.45) is 3.19. The minimum atomic E-state index is -0.235. The number of aryl methyl sites for hydroxylation is 2. The molecular formula is C21H23ClN2O2. The summed E-state index contributed by atoms with van der Waals surface area (Å²) in [5, 5.41) is 3.37. The zero-order chi connectivity index (χ0) is 18.7. The average Bonchev–Trinajstić information content (AvgIpc) is 2.64. The van der Waals surface area contributed by atoms with Gasteiger partial charge in [0, 0.05) is 23.7 Å². The Morgan fingerprint density at radius 1 is 0.962 bits per heavy atom. The van der Waals surface area contributed by atoms with Gasteiger partial charge in [0.15, 0.2) is 0 Å². The lowest BCUT2D eigenvalue weighted by atomic mass is 10.0. The van der Waals surface area contributed by atoms with E-state index in [1.807, 2.05) is 36.9 Å². The van der Waals surface area contributed by atoms with Crippen LogP contribution in [0.25, 0.3) is 0 Å². The Morgan fingerprint density at radius 2 is 1.69 bits per heavy atom. The summed E-state index contributed by atoms with van der Waals surface area (Å²) in [4.78, 5) is 27.5. The number of anilines is 1. The predicted molar refractivity (Wildman–Crippen MR) is 105 cm³/mol. The molecule has 0 spiro atoms. The monoisotopic (exact) mass is 370 g/mol. The topological polar surface area (TPSA) is 49.4 Å². The maximum atomic E-state index is 12.9. The smallest absolute Gasteiger partial charge is 0.255 e. The molecule has 0 atom stereocenters. The van der Waals surface area contributed by atoms with Gasteiger partial charge in [0.25, 0.3) is 11.8 Å². The number of nitrogens with zero attached hydrogens (tertiary/aromatic N) is 1. The number of carbonyl (C=O) groups excluding carboxylic acids is 2. The maximum absolute atomic E-state index is 12.9. The number of hydrogen-bond acceptors (Lipinski definition) is 2. The van der Waals surface area contributed by atoms with E-state index >= 15 is 0 Å². The fourth-order valence-electron chi connectivity index (χ4n) is 3.24. The minimum absolute atomic E-state index is 0.0577. The van der Waals surface area contributed by atoms with E-state index < -0.39 is 0 Å². The first-order chi connectivity index (χ1) is 12.5. The normalized spacial score (nSPS) is 14.2. The average molecular weight is 371 g/mol. The fraction of sp³-hybridized carbons (Fsp3) is 0.333. The first kappa shape index (κ1) is 18.5. The van der Waals surface area contributed by atoms with Crippen molar-refractivity contribution in [3.8, 4) is 0 Å². The first-order valence-corrected chi connectivity index (χ1v) is 9.31. The molecule has 0 radical (unpaired) electrons. The van der Waals surface area contributed by atoms with Crippen molar-refractivity contribution in [1.82, 2.24) is 4.90 Å². The van der Waals surface area contributed by atoms with Gasteiger partial charge in [-0.3, -0.25) is 9.59 Å². The van der Waals surface area contributed by atoms with E-state index in [1.54, 1.807) is 18.2 Å². The molecule has 1 aliphatic heterocycles. The standard InChI is InChI=1S/C21H23ClN2O2/c1-14-6-7-15(2)18(12-14)20(25)23-19-13-16(22)8-9-17(19)21(26)24-10-4-3-5-11-24/h6-9,12-13H,3-5,10-11H2,1-2H3,(H,23,25). The molecule has 136 valence electrons. The van der Waals surface area contributed by atoms with Crippen LogP contribution in [0, 0.1) is 13.8 Å². The second-order valence-electron chi connectivity index (χ2n) is 6.82. The highest BCUT2D eigenvalue weighted by molar-refractivity contribution is 6.31. The zero-order valence-corrected chi connectivity index (χ0v) is 15.9. The maximum Gasteiger partial charge on any atom is 0.255 e. The highest BCUT2D eigenvalue weighted by Gasteiger charge is 2.22. The third-order valence-electron chi connectivity index (χ3n) is 4.74. The van der Waals surface area contributed by atoms with Crippen molar-refractivity contribution >= 4 is 29.1 Å². The van der Waals surface area contributed by atoms with E-state index in [1.165, 1.54) is 0 Å². The van der Waals surface area contributed by atoms with Gasteiger partial charge in [-0.15, -0.1) is 0 Å². The van der Waals surface area contributed by atoms with Crippen LogP contribution in [0.4, 0.5) is 5.69 Å². The SMILES string of the molecule is Cc1ccc(C)c(C(=O)Nc2cc(Cl)ccc2C(=O)N2CCCCC2)c1. The number of nitrogens with one attached hydrogen (secondary N) is 1. The van der Waals surface area contributed by atoms with Crippen molar-refractivity contribution in [2.24, 2.45) is 0 Å². The van der Waals surface area contributed by atoms with Crippen molar-refractivity contribution in [2.45, 2.75) is 33.1 Å². The molecule has 0 bridgehead atoms. The second kappa shape index (κ2) is 7.92. The van der Waals surface area contributed by atoms with Crippen LogP contribution in [0.2, 0.25) is 5.02 Å². The Kier molecular flexibility index (Phi) is 5.62. The second-order valence-corrected chi connectivity index (χ2v) is 7.25. The molecule has 1 fully saturated rings. The highest BCUT2D eigenvalue weighted by Crippen LogP contribution is 2.25. The fourth-order valence-corrected chi connectivity index (χ4v) is 3.42. The van der Waals surface area contributed by atoms with Gasteiger partial charge in [0.05, 0.1) is 11.3 Å². The van der Waals surface area contributed by atoms with E-state index in [0.29, 0.717) is 21.8 Å². The molecule has 1 N–H and O–H groups in total. The van der Waals surface area contributed by atoms with Gasteiger partial charge in [-0.05, 0) is 62.9 Å². The van der Waals surface area contributed by atoms with Crippen LogP contribution in [0.1, 0.15) is 51.1 Å². The number of piperidine rings is 1. The van der Waals surface area contributed by atoms with Crippen LogP contribution in [0.3, 0.4) is 0 Å². The molecule has 2 aromatic rings. The Labute approximate surface area is 159 Å². The number of rotatable bonds is 3. The molecule has 0 aliphatic carbocycles. The number of hydrogen-bond donors (Lipinski definition) is 1. The van der Waals surface area contributed by atoms with E-state index in [9.17, 15) is 9.59 Å².